The van der Waals surface area contributed by atoms with Crippen LogP contribution in [0, 0.1) is 0 Å². The molecule has 0 radical (unpaired) electrons. The van der Waals surface area contributed by atoms with Crippen molar-refractivity contribution in [1.82, 2.24) is 9.97 Å². The lowest BCUT2D eigenvalue weighted by Crippen LogP contribution is -1.98. The SMILES string of the molecule is OCc1ccnc(Nc2ccsc2)n1. The van der Waals surface area contributed by atoms with Crippen LogP contribution in [0.3, 0.4) is 0 Å². The molecule has 2 rings (SSSR count). The molecule has 2 N–H and O–H groups in total. The Kier molecular flexibility index (Phi) is 2.71. The molecule has 0 aliphatic carbocycles. The van der Waals surface area contributed by atoms with Crippen molar-refractivity contribution in [3.8, 4) is 0 Å². The predicted molar refractivity (Wildman–Crippen MR) is 55.6 cm³/mol. The van der Waals surface area contributed by atoms with E-state index >= 15 is 0 Å². The smallest absolute Gasteiger partial charge is 0.227 e. The number of thiophene rings is 1. The van der Waals surface area contributed by atoms with Gasteiger partial charge in [0.2, 0.25) is 5.95 Å². The number of aliphatic hydroxyl groups excluding tert-OH is 1. The van der Waals surface area contributed by atoms with Gasteiger partial charge in [-0.05, 0) is 17.5 Å². The molecule has 0 aromatic carbocycles. The summed E-state index contributed by atoms with van der Waals surface area (Å²) in [5, 5.41) is 15.8. The Morgan fingerprint density at radius 1 is 1.43 bits per heavy atom. The van der Waals surface area contributed by atoms with Crippen LogP contribution in [-0.4, -0.2) is 15.1 Å². The van der Waals surface area contributed by atoms with Crippen LogP contribution < -0.4 is 5.32 Å². The zero-order valence-corrected chi connectivity index (χ0v) is 8.16. The fourth-order valence-electron chi connectivity index (χ4n) is 1.01. The fourth-order valence-corrected chi connectivity index (χ4v) is 1.60. The fraction of sp³-hybridized carbons (Fsp3) is 0.111. The van der Waals surface area contributed by atoms with Crippen LogP contribution in [0.2, 0.25) is 0 Å². The highest BCUT2D eigenvalue weighted by Crippen LogP contribution is 2.15. The minimum atomic E-state index is -0.0686. The molecule has 14 heavy (non-hydrogen) atoms. The molecule has 2 aromatic heterocycles. The lowest BCUT2D eigenvalue weighted by molar-refractivity contribution is 0.277. The van der Waals surface area contributed by atoms with Gasteiger partial charge in [-0.1, -0.05) is 0 Å². The van der Waals surface area contributed by atoms with Gasteiger partial charge in [-0.2, -0.15) is 11.3 Å². The van der Waals surface area contributed by atoms with Gasteiger partial charge < -0.3 is 10.4 Å². The van der Waals surface area contributed by atoms with E-state index in [9.17, 15) is 0 Å². The summed E-state index contributed by atoms with van der Waals surface area (Å²) in [7, 11) is 0. The molecule has 5 heteroatoms. The molecule has 0 atom stereocenters. The van der Waals surface area contributed by atoms with Crippen molar-refractivity contribution in [2.24, 2.45) is 0 Å². The van der Waals surface area contributed by atoms with Gasteiger partial charge in [0, 0.05) is 11.6 Å². The molecular weight excluding hydrogens is 198 g/mol. The molecule has 0 fully saturated rings. The van der Waals surface area contributed by atoms with Crippen molar-refractivity contribution < 1.29 is 5.11 Å². The summed E-state index contributed by atoms with van der Waals surface area (Å²) in [6, 6.07) is 3.62. The van der Waals surface area contributed by atoms with Crippen molar-refractivity contribution in [3.63, 3.8) is 0 Å². The van der Waals surface area contributed by atoms with Gasteiger partial charge in [0.25, 0.3) is 0 Å². The van der Waals surface area contributed by atoms with Crippen molar-refractivity contribution >= 4 is 23.0 Å². The lowest BCUT2D eigenvalue weighted by Gasteiger charge is -2.02. The molecule has 0 amide bonds. The summed E-state index contributed by atoms with van der Waals surface area (Å²) in [5.74, 6) is 0.509. The zero-order valence-electron chi connectivity index (χ0n) is 7.34. The molecule has 0 saturated heterocycles. The largest absolute Gasteiger partial charge is 0.390 e. The number of rotatable bonds is 3. The zero-order chi connectivity index (χ0) is 9.80. The molecule has 0 saturated carbocycles. The Balaban J connectivity index is 2.17. The third-order valence-electron chi connectivity index (χ3n) is 1.65. The van der Waals surface area contributed by atoms with Crippen LogP contribution in [-0.2, 0) is 6.61 Å². The second-order valence-electron chi connectivity index (χ2n) is 2.67. The maximum Gasteiger partial charge on any atom is 0.227 e. The van der Waals surface area contributed by atoms with E-state index in [0.29, 0.717) is 11.6 Å². The molecule has 2 aromatic rings. The second kappa shape index (κ2) is 4.17. The maximum absolute atomic E-state index is 8.87. The summed E-state index contributed by atoms with van der Waals surface area (Å²) < 4.78 is 0. The molecule has 0 unspecified atom stereocenters. The highest BCUT2D eigenvalue weighted by molar-refractivity contribution is 7.08. The number of nitrogens with one attached hydrogen (secondary N) is 1. The van der Waals surface area contributed by atoms with Crippen LogP contribution in [0.5, 0.6) is 0 Å². The molecule has 0 aliphatic heterocycles. The van der Waals surface area contributed by atoms with Gasteiger partial charge in [-0.15, -0.1) is 0 Å². The first-order chi connectivity index (χ1) is 6.88. The van der Waals surface area contributed by atoms with Gasteiger partial charge >= 0.3 is 0 Å². The van der Waals surface area contributed by atoms with E-state index in [1.165, 1.54) is 0 Å². The highest BCUT2D eigenvalue weighted by atomic mass is 32.1. The summed E-state index contributed by atoms with van der Waals surface area (Å²) in [6.07, 6.45) is 1.62. The number of hydrogen-bond donors (Lipinski definition) is 2. The Hall–Kier alpha value is -1.46. The van der Waals surface area contributed by atoms with Gasteiger partial charge in [-0.25, -0.2) is 9.97 Å². The predicted octanol–water partition coefficient (Wildman–Crippen LogP) is 1.77. The molecule has 2 heterocycles. The Morgan fingerprint density at radius 2 is 2.36 bits per heavy atom. The van der Waals surface area contributed by atoms with E-state index in [2.05, 4.69) is 15.3 Å². The monoisotopic (exact) mass is 207 g/mol. The molecule has 0 aliphatic rings. The average Bonchev–Trinajstić information content (AvgIpc) is 2.71. The third-order valence-corrected chi connectivity index (χ3v) is 2.34. The van der Waals surface area contributed by atoms with Crippen molar-refractivity contribution in [2.45, 2.75) is 6.61 Å². The van der Waals surface area contributed by atoms with E-state index in [0.717, 1.165) is 5.69 Å². The van der Waals surface area contributed by atoms with Crippen molar-refractivity contribution in [1.29, 1.82) is 0 Å². The quantitative estimate of drug-likeness (QED) is 0.805. The summed E-state index contributed by atoms with van der Waals surface area (Å²) in [4.78, 5) is 8.13. The van der Waals surface area contributed by atoms with Gasteiger partial charge in [-0.3, -0.25) is 0 Å². The molecule has 72 valence electrons. The highest BCUT2D eigenvalue weighted by Gasteiger charge is 1.98. The molecule has 0 spiro atoms. The first-order valence-corrected chi connectivity index (χ1v) is 5.05. The number of nitrogens with zero attached hydrogens (tertiary/aromatic N) is 2. The van der Waals surface area contributed by atoms with E-state index in [1.54, 1.807) is 23.6 Å². The van der Waals surface area contributed by atoms with Crippen molar-refractivity contribution in [2.75, 3.05) is 5.32 Å². The summed E-state index contributed by atoms with van der Waals surface area (Å²) in [5.41, 5.74) is 1.57. The third kappa shape index (κ3) is 2.07. The van der Waals surface area contributed by atoms with Crippen LogP contribution >= 0.6 is 11.3 Å². The first kappa shape index (κ1) is 9.11. The lowest BCUT2D eigenvalue weighted by atomic mass is 10.4. The summed E-state index contributed by atoms with van der Waals surface area (Å²) >= 11 is 1.60. The Labute approximate surface area is 85.3 Å². The van der Waals surface area contributed by atoms with Gasteiger partial charge in [0.15, 0.2) is 0 Å². The minimum Gasteiger partial charge on any atom is -0.390 e. The molecule has 0 bridgehead atoms. The normalized spacial score (nSPS) is 10.1. The van der Waals surface area contributed by atoms with Crippen molar-refractivity contribution in [3.05, 3.63) is 34.8 Å². The number of anilines is 2. The van der Waals surface area contributed by atoms with Gasteiger partial charge in [0.1, 0.15) is 0 Å². The van der Waals surface area contributed by atoms with E-state index < -0.39 is 0 Å². The van der Waals surface area contributed by atoms with Crippen LogP contribution in [0.1, 0.15) is 5.69 Å². The van der Waals surface area contributed by atoms with E-state index in [-0.39, 0.29) is 6.61 Å². The number of aromatic nitrogens is 2. The standard InChI is InChI=1S/C9H9N3OS/c13-5-7-1-3-10-9(11-7)12-8-2-4-14-6-8/h1-4,6,13H,5H2,(H,10,11,12). The molecule has 4 nitrogen and oxygen atoms in total. The number of hydrogen-bond acceptors (Lipinski definition) is 5. The Bertz CT molecular complexity index is 402. The van der Waals surface area contributed by atoms with Crippen LogP contribution in [0.25, 0.3) is 0 Å². The average molecular weight is 207 g/mol. The second-order valence-corrected chi connectivity index (χ2v) is 3.45. The van der Waals surface area contributed by atoms with Crippen LogP contribution in [0.15, 0.2) is 29.1 Å². The van der Waals surface area contributed by atoms with E-state index in [1.807, 2.05) is 16.8 Å². The summed E-state index contributed by atoms with van der Waals surface area (Å²) in [6.45, 7) is -0.0686. The minimum absolute atomic E-state index is 0.0686. The first-order valence-electron chi connectivity index (χ1n) is 4.10. The Morgan fingerprint density at radius 3 is 3.07 bits per heavy atom. The maximum atomic E-state index is 8.87. The molecular formula is C9H9N3OS. The van der Waals surface area contributed by atoms with E-state index in [4.69, 9.17) is 5.11 Å². The van der Waals surface area contributed by atoms with Crippen LogP contribution in [0.4, 0.5) is 11.6 Å². The van der Waals surface area contributed by atoms with Gasteiger partial charge in [0.05, 0.1) is 18.0 Å². The number of aliphatic hydroxyl groups is 1. The topological polar surface area (TPSA) is 58.0 Å².